The van der Waals surface area contributed by atoms with E-state index in [-0.39, 0.29) is 0 Å². The number of ether oxygens (including phenoxy) is 1. The number of nitrogens with zero attached hydrogens (tertiary/aromatic N) is 1. The highest BCUT2D eigenvalue weighted by molar-refractivity contribution is 5.87. The largest absolute Gasteiger partial charge is 0.463 e. The standard InChI is InChI=1S/C8H6F2N2O5/c1-17-8(14)3-2-4(13)5(6(9)10)7(11-3)12(15)16/h2,6H,1H3,(H,11,13). The topological polar surface area (TPSA) is 102 Å². The lowest BCUT2D eigenvalue weighted by Gasteiger charge is -2.03. The third kappa shape index (κ3) is 2.44. The first-order valence-corrected chi connectivity index (χ1v) is 4.16. The van der Waals surface area contributed by atoms with Crippen molar-refractivity contribution < 1.29 is 23.2 Å². The van der Waals surface area contributed by atoms with Gasteiger partial charge >= 0.3 is 11.8 Å². The Bertz CT molecular complexity index is 525. The number of methoxy groups -OCH3 is 1. The molecule has 7 nitrogen and oxygen atoms in total. The SMILES string of the molecule is COC(=O)c1cc(=O)c(C(F)F)c([N+](=O)[O-])[nH]1. The molecule has 92 valence electrons. The normalized spacial score (nSPS) is 10.4. The quantitative estimate of drug-likeness (QED) is 0.488. The molecule has 0 amide bonds. The molecule has 9 heteroatoms. The number of esters is 1. The molecule has 0 aliphatic carbocycles. The van der Waals surface area contributed by atoms with E-state index in [1.165, 1.54) is 0 Å². The second-order valence-corrected chi connectivity index (χ2v) is 2.86. The summed E-state index contributed by atoms with van der Waals surface area (Å²) in [5.74, 6) is -2.28. The minimum atomic E-state index is -3.31. The number of halogens is 2. The molecule has 0 saturated carbocycles. The first kappa shape index (κ1) is 12.7. The van der Waals surface area contributed by atoms with Crippen molar-refractivity contribution in [2.24, 2.45) is 0 Å². The van der Waals surface area contributed by atoms with Gasteiger partial charge in [-0.3, -0.25) is 4.79 Å². The molecule has 0 fully saturated rings. The molecule has 1 aromatic rings. The summed E-state index contributed by atoms with van der Waals surface area (Å²) in [7, 11) is 0.980. The fourth-order valence-electron chi connectivity index (χ4n) is 1.13. The summed E-state index contributed by atoms with van der Waals surface area (Å²) >= 11 is 0. The highest BCUT2D eigenvalue weighted by Gasteiger charge is 2.28. The molecule has 0 aliphatic rings. The van der Waals surface area contributed by atoms with Gasteiger partial charge < -0.3 is 14.9 Å². The van der Waals surface area contributed by atoms with Crippen LogP contribution in [0.4, 0.5) is 14.6 Å². The van der Waals surface area contributed by atoms with Crippen LogP contribution in [-0.4, -0.2) is 23.0 Å². The van der Waals surface area contributed by atoms with E-state index in [0.717, 1.165) is 7.11 Å². The molecular formula is C8H6F2N2O5. The van der Waals surface area contributed by atoms with Crippen LogP contribution in [0, 0.1) is 10.1 Å². The zero-order chi connectivity index (χ0) is 13.2. The molecule has 0 saturated heterocycles. The van der Waals surface area contributed by atoms with E-state index in [1.54, 1.807) is 0 Å². The van der Waals surface area contributed by atoms with Gasteiger partial charge in [-0.15, -0.1) is 0 Å². The second-order valence-electron chi connectivity index (χ2n) is 2.86. The molecule has 1 rings (SSSR count). The van der Waals surface area contributed by atoms with E-state index in [0.29, 0.717) is 6.07 Å². The highest BCUT2D eigenvalue weighted by Crippen LogP contribution is 2.23. The summed E-state index contributed by atoms with van der Waals surface area (Å²) in [4.78, 5) is 33.4. The lowest BCUT2D eigenvalue weighted by Crippen LogP contribution is -2.18. The van der Waals surface area contributed by atoms with Crippen molar-refractivity contribution in [2.75, 3.05) is 7.11 Å². The molecular weight excluding hydrogens is 242 g/mol. The molecule has 1 heterocycles. The zero-order valence-corrected chi connectivity index (χ0v) is 8.40. The molecule has 0 aliphatic heterocycles. The zero-order valence-electron chi connectivity index (χ0n) is 8.40. The maximum Gasteiger partial charge on any atom is 0.378 e. The van der Waals surface area contributed by atoms with Gasteiger partial charge in [-0.25, -0.2) is 18.6 Å². The van der Waals surface area contributed by atoms with Crippen LogP contribution >= 0.6 is 0 Å². The number of hydrogen-bond acceptors (Lipinski definition) is 5. The third-order valence-electron chi connectivity index (χ3n) is 1.86. The number of aromatic amines is 1. The van der Waals surface area contributed by atoms with E-state index in [1.807, 2.05) is 4.98 Å². The Balaban J connectivity index is 3.52. The van der Waals surface area contributed by atoms with Crippen molar-refractivity contribution in [2.45, 2.75) is 6.43 Å². The molecule has 1 N–H and O–H groups in total. The van der Waals surface area contributed by atoms with Crippen molar-refractivity contribution in [3.63, 3.8) is 0 Å². The first-order chi connectivity index (χ1) is 7.88. The molecule has 0 unspecified atom stereocenters. The summed E-state index contributed by atoms with van der Waals surface area (Å²) < 4.78 is 29.1. The Morgan fingerprint density at radius 3 is 2.59 bits per heavy atom. The molecule has 0 spiro atoms. The van der Waals surface area contributed by atoms with Crippen molar-refractivity contribution >= 4 is 11.8 Å². The number of rotatable bonds is 3. The van der Waals surface area contributed by atoms with Gasteiger partial charge in [-0.1, -0.05) is 0 Å². The molecule has 0 aromatic carbocycles. The van der Waals surface area contributed by atoms with E-state index in [4.69, 9.17) is 0 Å². The van der Waals surface area contributed by atoms with Crippen LogP contribution in [-0.2, 0) is 4.74 Å². The number of nitro groups is 1. The van der Waals surface area contributed by atoms with Gasteiger partial charge in [0, 0.05) is 6.07 Å². The van der Waals surface area contributed by atoms with Gasteiger partial charge in [0.2, 0.25) is 11.1 Å². The van der Waals surface area contributed by atoms with Gasteiger partial charge in [-0.05, 0) is 4.92 Å². The van der Waals surface area contributed by atoms with Crippen molar-refractivity contribution in [3.8, 4) is 0 Å². The fourth-order valence-corrected chi connectivity index (χ4v) is 1.13. The van der Waals surface area contributed by atoms with E-state index in [9.17, 15) is 28.5 Å². The van der Waals surface area contributed by atoms with Gasteiger partial charge in [0.05, 0.1) is 7.11 Å². The van der Waals surface area contributed by atoms with Gasteiger partial charge in [0.15, 0.2) is 5.56 Å². The summed E-state index contributed by atoms with van der Waals surface area (Å²) in [5, 5.41) is 10.5. The van der Waals surface area contributed by atoms with Crippen molar-refractivity contribution in [3.05, 3.63) is 37.7 Å². The molecule has 0 bridgehead atoms. The lowest BCUT2D eigenvalue weighted by molar-refractivity contribution is -0.391. The Morgan fingerprint density at radius 2 is 2.18 bits per heavy atom. The number of H-pyrrole nitrogens is 1. The van der Waals surface area contributed by atoms with Crippen LogP contribution in [0.5, 0.6) is 0 Å². The summed E-state index contributed by atoms with van der Waals surface area (Å²) in [6, 6.07) is 0.528. The summed E-state index contributed by atoms with van der Waals surface area (Å²) in [5.41, 5.74) is -3.15. The van der Waals surface area contributed by atoms with Crippen molar-refractivity contribution in [1.29, 1.82) is 0 Å². The number of hydrogen-bond donors (Lipinski definition) is 1. The molecule has 17 heavy (non-hydrogen) atoms. The Hall–Kier alpha value is -2.32. The van der Waals surface area contributed by atoms with Crippen LogP contribution < -0.4 is 5.43 Å². The Labute approximate surface area is 92.2 Å². The first-order valence-electron chi connectivity index (χ1n) is 4.16. The highest BCUT2D eigenvalue weighted by atomic mass is 19.3. The molecule has 1 aromatic heterocycles. The average Bonchev–Trinajstić information content (AvgIpc) is 2.26. The minimum Gasteiger partial charge on any atom is -0.463 e. The third-order valence-corrected chi connectivity index (χ3v) is 1.86. The van der Waals surface area contributed by atoms with Crippen LogP contribution in [0.1, 0.15) is 22.5 Å². The van der Waals surface area contributed by atoms with E-state index >= 15 is 0 Å². The predicted molar refractivity (Wildman–Crippen MR) is 50.0 cm³/mol. The number of nitrogens with one attached hydrogen (secondary N) is 1. The maximum absolute atomic E-state index is 12.4. The van der Waals surface area contributed by atoms with Gasteiger partial charge in [0.25, 0.3) is 6.43 Å². The lowest BCUT2D eigenvalue weighted by atomic mass is 10.2. The minimum absolute atomic E-state index is 0.528. The molecule has 0 atom stereocenters. The van der Waals surface area contributed by atoms with Crippen LogP contribution in [0.3, 0.4) is 0 Å². The average molecular weight is 248 g/mol. The van der Waals surface area contributed by atoms with Crippen LogP contribution in [0.2, 0.25) is 0 Å². The monoisotopic (exact) mass is 248 g/mol. The smallest absolute Gasteiger partial charge is 0.378 e. The van der Waals surface area contributed by atoms with E-state index < -0.39 is 39.8 Å². The van der Waals surface area contributed by atoms with Crippen LogP contribution in [0.15, 0.2) is 10.9 Å². The number of carbonyl (C=O) groups excluding carboxylic acids is 1. The summed E-state index contributed by atoms with van der Waals surface area (Å²) in [6.45, 7) is 0. The van der Waals surface area contributed by atoms with Crippen molar-refractivity contribution in [1.82, 2.24) is 4.98 Å². The summed E-state index contributed by atoms with van der Waals surface area (Å²) in [6.07, 6.45) is -3.31. The second kappa shape index (κ2) is 4.68. The number of pyridine rings is 1. The molecule has 0 radical (unpaired) electrons. The number of alkyl halides is 2. The maximum atomic E-state index is 12.4. The Kier molecular flexibility index (Phi) is 3.51. The Morgan fingerprint density at radius 1 is 1.59 bits per heavy atom. The van der Waals surface area contributed by atoms with Gasteiger partial charge in [-0.2, -0.15) is 0 Å². The number of carbonyl (C=O) groups is 1. The van der Waals surface area contributed by atoms with Gasteiger partial charge in [0.1, 0.15) is 0 Å². The van der Waals surface area contributed by atoms with E-state index in [2.05, 4.69) is 4.74 Å². The fraction of sp³-hybridized carbons (Fsp3) is 0.250. The van der Waals surface area contributed by atoms with Crippen LogP contribution in [0.25, 0.3) is 0 Å². The number of aromatic nitrogens is 1. The predicted octanol–water partition coefficient (Wildman–Crippen LogP) is 1.01.